The zero-order valence-corrected chi connectivity index (χ0v) is 17.7. The molecular formula is C24H22FN5O3. The van der Waals surface area contributed by atoms with Gasteiger partial charge in [0.1, 0.15) is 41.0 Å². The Morgan fingerprint density at radius 1 is 1.18 bits per heavy atom. The Morgan fingerprint density at radius 2 is 1.94 bits per heavy atom. The van der Waals surface area contributed by atoms with Crippen molar-refractivity contribution >= 4 is 17.4 Å². The second-order valence-corrected chi connectivity index (χ2v) is 7.92. The summed E-state index contributed by atoms with van der Waals surface area (Å²) in [6, 6.07) is 13.2. The number of halogens is 1. The van der Waals surface area contributed by atoms with Crippen molar-refractivity contribution in [2.24, 2.45) is 0 Å². The third-order valence-corrected chi connectivity index (χ3v) is 5.85. The van der Waals surface area contributed by atoms with Crippen molar-refractivity contribution in [3.8, 4) is 17.0 Å². The van der Waals surface area contributed by atoms with Gasteiger partial charge in [-0.05, 0) is 54.8 Å². The van der Waals surface area contributed by atoms with E-state index in [-0.39, 0.29) is 11.9 Å². The maximum Gasteiger partial charge on any atom is 0.407 e. The van der Waals surface area contributed by atoms with Crippen molar-refractivity contribution in [1.82, 2.24) is 19.3 Å². The van der Waals surface area contributed by atoms with E-state index in [2.05, 4.69) is 4.98 Å². The van der Waals surface area contributed by atoms with E-state index < -0.39 is 6.09 Å². The number of anilines is 1. The number of nitrogen functional groups attached to an aromatic ring is 1. The van der Waals surface area contributed by atoms with Crippen LogP contribution in [0.25, 0.3) is 16.8 Å². The monoisotopic (exact) mass is 447 g/mol. The Bertz CT molecular complexity index is 1300. The van der Waals surface area contributed by atoms with Crippen molar-refractivity contribution in [2.75, 3.05) is 12.3 Å². The standard InChI is InChI=1S/C24H22FN5O3/c25-17-7-3-15(4-8-17)14-33-18-9-5-16(6-10-18)20-21-22(26)27-11-13-30(21)23(28-20)19-2-1-12-29(19)24(31)32/h3-11,13,19H,1-2,12,14H2,(H2,26,27)(H,31,32). The number of nitrogens with two attached hydrogens (primary N) is 1. The highest BCUT2D eigenvalue weighted by atomic mass is 19.1. The fourth-order valence-corrected chi connectivity index (χ4v) is 4.24. The van der Waals surface area contributed by atoms with Crippen LogP contribution in [0.15, 0.2) is 60.9 Å². The molecule has 1 saturated heterocycles. The highest BCUT2D eigenvalue weighted by Gasteiger charge is 2.34. The van der Waals surface area contributed by atoms with E-state index in [1.807, 2.05) is 28.7 Å². The summed E-state index contributed by atoms with van der Waals surface area (Å²) in [6.45, 7) is 0.797. The molecular weight excluding hydrogens is 425 g/mol. The SMILES string of the molecule is Nc1nccn2c(C3CCCN3C(=O)O)nc(-c3ccc(OCc4ccc(F)cc4)cc3)c12. The van der Waals surface area contributed by atoms with Gasteiger partial charge >= 0.3 is 6.09 Å². The summed E-state index contributed by atoms with van der Waals surface area (Å²) in [7, 11) is 0. The molecule has 33 heavy (non-hydrogen) atoms. The number of hydrogen-bond acceptors (Lipinski definition) is 5. The highest BCUT2D eigenvalue weighted by molar-refractivity contribution is 5.85. The van der Waals surface area contributed by atoms with Crippen molar-refractivity contribution in [2.45, 2.75) is 25.5 Å². The van der Waals surface area contributed by atoms with Crippen LogP contribution in [0.1, 0.15) is 30.3 Å². The van der Waals surface area contributed by atoms with E-state index in [1.54, 1.807) is 24.5 Å². The van der Waals surface area contributed by atoms with Gasteiger partial charge < -0.3 is 15.6 Å². The lowest BCUT2D eigenvalue weighted by atomic mass is 10.1. The number of fused-ring (bicyclic) bond motifs is 1. The maximum absolute atomic E-state index is 13.1. The van der Waals surface area contributed by atoms with Gasteiger partial charge in [0.15, 0.2) is 0 Å². The summed E-state index contributed by atoms with van der Waals surface area (Å²) >= 11 is 0. The first kappa shape index (κ1) is 20.7. The average molecular weight is 447 g/mol. The molecule has 0 aliphatic carbocycles. The number of rotatable bonds is 5. The van der Waals surface area contributed by atoms with Gasteiger partial charge in [-0.25, -0.2) is 19.2 Å². The number of carbonyl (C=O) groups is 1. The molecule has 2 aromatic carbocycles. The number of likely N-dealkylation sites (tertiary alicyclic amines) is 1. The summed E-state index contributed by atoms with van der Waals surface area (Å²) < 4.78 is 20.7. The zero-order chi connectivity index (χ0) is 22.9. The largest absolute Gasteiger partial charge is 0.489 e. The minimum absolute atomic E-state index is 0.285. The molecule has 1 aliphatic heterocycles. The van der Waals surface area contributed by atoms with Crippen LogP contribution in [0.4, 0.5) is 15.0 Å². The van der Waals surface area contributed by atoms with Crippen molar-refractivity contribution < 1.29 is 19.0 Å². The lowest BCUT2D eigenvalue weighted by molar-refractivity contribution is 0.138. The lowest BCUT2D eigenvalue weighted by Gasteiger charge is -2.20. The molecule has 1 fully saturated rings. The first-order chi connectivity index (χ1) is 16.0. The summed E-state index contributed by atoms with van der Waals surface area (Å²) in [5.74, 6) is 1.33. The minimum Gasteiger partial charge on any atom is -0.489 e. The smallest absolute Gasteiger partial charge is 0.407 e. The molecule has 0 saturated carbocycles. The number of benzene rings is 2. The molecule has 1 atom stereocenters. The van der Waals surface area contributed by atoms with Gasteiger partial charge in [0.2, 0.25) is 0 Å². The topological polar surface area (TPSA) is 106 Å². The van der Waals surface area contributed by atoms with E-state index >= 15 is 0 Å². The molecule has 5 rings (SSSR count). The normalized spacial score (nSPS) is 15.8. The fourth-order valence-electron chi connectivity index (χ4n) is 4.24. The van der Waals surface area contributed by atoms with Crippen LogP contribution in [0.5, 0.6) is 5.75 Å². The molecule has 0 spiro atoms. The molecule has 3 N–H and O–H groups in total. The second-order valence-electron chi connectivity index (χ2n) is 7.92. The van der Waals surface area contributed by atoms with Crippen molar-refractivity contribution in [3.05, 3.63) is 78.1 Å². The minimum atomic E-state index is -0.958. The van der Waals surface area contributed by atoms with Gasteiger partial charge in [0.05, 0.1) is 6.04 Å². The van der Waals surface area contributed by atoms with Crippen molar-refractivity contribution in [3.63, 3.8) is 0 Å². The first-order valence-corrected chi connectivity index (χ1v) is 10.6. The lowest BCUT2D eigenvalue weighted by Crippen LogP contribution is -2.29. The molecule has 9 heteroatoms. The van der Waals surface area contributed by atoms with E-state index in [4.69, 9.17) is 15.5 Å². The molecule has 4 aromatic rings. The average Bonchev–Trinajstić information content (AvgIpc) is 3.45. The third kappa shape index (κ3) is 3.93. The predicted octanol–water partition coefficient (Wildman–Crippen LogP) is 4.51. The van der Waals surface area contributed by atoms with E-state index in [0.717, 1.165) is 17.5 Å². The Balaban J connectivity index is 1.46. The number of nitrogens with zero attached hydrogens (tertiary/aromatic N) is 4. The van der Waals surface area contributed by atoms with Gasteiger partial charge in [0, 0.05) is 24.5 Å². The van der Waals surface area contributed by atoms with Crippen LogP contribution in [-0.2, 0) is 6.61 Å². The molecule has 1 unspecified atom stereocenters. The van der Waals surface area contributed by atoms with Crippen LogP contribution in [-0.4, -0.2) is 37.0 Å². The summed E-state index contributed by atoms with van der Waals surface area (Å²) in [6.07, 6.45) is 3.87. The highest BCUT2D eigenvalue weighted by Crippen LogP contribution is 2.36. The van der Waals surface area contributed by atoms with Gasteiger partial charge in [0.25, 0.3) is 0 Å². The van der Waals surface area contributed by atoms with Crippen LogP contribution in [0.3, 0.4) is 0 Å². The van der Waals surface area contributed by atoms with Crippen LogP contribution in [0, 0.1) is 5.82 Å². The zero-order valence-electron chi connectivity index (χ0n) is 17.7. The van der Waals surface area contributed by atoms with E-state index in [9.17, 15) is 14.3 Å². The third-order valence-electron chi connectivity index (χ3n) is 5.85. The molecule has 0 bridgehead atoms. The second kappa shape index (κ2) is 8.42. The number of ether oxygens (including phenoxy) is 1. The van der Waals surface area contributed by atoms with E-state index in [0.29, 0.717) is 48.2 Å². The number of amides is 1. The molecule has 0 radical (unpaired) electrons. The van der Waals surface area contributed by atoms with Crippen LogP contribution >= 0.6 is 0 Å². The summed E-state index contributed by atoms with van der Waals surface area (Å²) in [5, 5.41) is 9.59. The summed E-state index contributed by atoms with van der Waals surface area (Å²) in [5.41, 5.74) is 9.16. The van der Waals surface area contributed by atoms with Gasteiger partial charge in [-0.15, -0.1) is 0 Å². The first-order valence-electron chi connectivity index (χ1n) is 10.6. The predicted molar refractivity (Wildman–Crippen MR) is 120 cm³/mol. The number of imidazole rings is 1. The Hall–Kier alpha value is -4.14. The van der Waals surface area contributed by atoms with Gasteiger partial charge in [-0.2, -0.15) is 0 Å². The molecule has 1 amide bonds. The maximum atomic E-state index is 13.1. The summed E-state index contributed by atoms with van der Waals surface area (Å²) in [4.78, 5) is 22.2. The molecule has 2 aromatic heterocycles. The fraction of sp³-hybridized carbons (Fsp3) is 0.208. The van der Waals surface area contributed by atoms with Crippen LogP contribution < -0.4 is 10.5 Å². The number of aromatic nitrogens is 3. The van der Waals surface area contributed by atoms with Gasteiger partial charge in [-0.1, -0.05) is 12.1 Å². The quantitative estimate of drug-likeness (QED) is 0.466. The van der Waals surface area contributed by atoms with Gasteiger partial charge in [-0.3, -0.25) is 9.30 Å². The molecule has 3 heterocycles. The van der Waals surface area contributed by atoms with E-state index in [1.165, 1.54) is 17.0 Å². The molecule has 1 aliphatic rings. The van der Waals surface area contributed by atoms with Crippen LogP contribution in [0.2, 0.25) is 0 Å². The van der Waals surface area contributed by atoms with Crippen molar-refractivity contribution in [1.29, 1.82) is 0 Å². The Labute approximate surface area is 189 Å². The Morgan fingerprint density at radius 3 is 2.67 bits per heavy atom. The Kier molecular flexibility index (Phi) is 5.29. The number of hydrogen-bond donors (Lipinski definition) is 2. The molecule has 168 valence electrons. The number of carboxylic acid groups (broad SMARTS) is 1. The molecule has 8 nitrogen and oxygen atoms in total.